The van der Waals surface area contributed by atoms with Gasteiger partial charge in [-0.3, -0.25) is 14.3 Å². The van der Waals surface area contributed by atoms with Crippen molar-refractivity contribution in [2.24, 2.45) is 13.0 Å². The quantitative estimate of drug-likeness (QED) is 0.596. The minimum atomic E-state index is -4.71. The molecule has 0 bridgehead atoms. The fourth-order valence-electron chi connectivity index (χ4n) is 3.57. The molecule has 3 rings (SSSR count). The number of hydrogen-bond acceptors (Lipinski definition) is 5. The molecule has 1 heterocycles. The normalized spacial score (nSPS) is 18.2. The maximum absolute atomic E-state index is 12.5. The van der Waals surface area contributed by atoms with Gasteiger partial charge in [0, 0.05) is 38.4 Å². The number of nitrogens with one attached hydrogen (secondary N) is 2. The van der Waals surface area contributed by atoms with Crippen LogP contribution >= 0.6 is 0 Å². The van der Waals surface area contributed by atoms with E-state index in [1.165, 1.54) is 4.57 Å². The van der Waals surface area contributed by atoms with Crippen molar-refractivity contribution in [3.63, 3.8) is 0 Å². The van der Waals surface area contributed by atoms with E-state index in [9.17, 15) is 22.8 Å². The lowest BCUT2D eigenvalue weighted by molar-refractivity contribution is -0.322. The molecule has 32 heavy (non-hydrogen) atoms. The monoisotopic (exact) mass is 453 g/mol. The number of halogens is 3. The van der Waals surface area contributed by atoms with E-state index in [1.807, 2.05) is 0 Å². The van der Waals surface area contributed by atoms with Crippen LogP contribution in [-0.4, -0.2) is 43.2 Å². The van der Waals surface area contributed by atoms with Gasteiger partial charge in [-0.2, -0.15) is 0 Å². The van der Waals surface area contributed by atoms with Crippen molar-refractivity contribution in [3.8, 4) is 11.1 Å². The Morgan fingerprint density at radius 3 is 2.53 bits per heavy atom. The van der Waals surface area contributed by atoms with Crippen molar-refractivity contribution >= 4 is 17.3 Å². The zero-order valence-electron chi connectivity index (χ0n) is 18.1. The molecule has 0 radical (unpaired) electrons. The van der Waals surface area contributed by atoms with E-state index in [0.29, 0.717) is 29.8 Å². The zero-order chi connectivity index (χ0) is 23.5. The number of anilines is 2. The first kappa shape index (κ1) is 23.8. The van der Waals surface area contributed by atoms with Crippen molar-refractivity contribution in [1.82, 2.24) is 4.57 Å². The first-order valence-electron chi connectivity index (χ1n) is 10.2. The molecule has 1 saturated carbocycles. The van der Waals surface area contributed by atoms with E-state index in [1.54, 1.807) is 51.5 Å². The van der Waals surface area contributed by atoms with E-state index in [0.717, 1.165) is 11.1 Å². The highest BCUT2D eigenvalue weighted by Crippen LogP contribution is 2.33. The zero-order valence-corrected chi connectivity index (χ0v) is 18.1. The van der Waals surface area contributed by atoms with Crippen LogP contribution in [0.5, 0.6) is 0 Å². The predicted molar refractivity (Wildman–Crippen MR) is 115 cm³/mol. The summed E-state index contributed by atoms with van der Waals surface area (Å²) in [6, 6.07) is 6.94. The van der Waals surface area contributed by atoms with Crippen molar-refractivity contribution < 1.29 is 27.4 Å². The molecule has 174 valence electrons. The Labute approximate surface area is 183 Å². The topological polar surface area (TPSA) is 81.6 Å². The third kappa shape index (κ3) is 5.89. The molecule has 0 saturated heterocycles. The molecule has 1 aliphatic rings. The number of aryl methyl sites for hydroxylation is 2. The first-order valence-corrected chi connectivity index (χ1v) is 10.2. The van der Waals surface area contributed by atoms with Crippen LogP contribution in [0.1, 0.15) is 18.4 Å². The SMILES string of the molecule is COC1CC(C(=O)Nc2ccc(-c3cc(C)c(=O)n(C)c3)cc2NCCOC(F)(F)F)C1. The summed E-state index contributed by atoms with van der Waals surface area (Å²) in [4.78, 5) is 24.5. The number of aromatic nitrogens is 1. The molecule has 1 aromatic heterocycles. The molecule has 10 heteroatoms. The third-order valence-electron chi connectivity index (χ3n) is 5.46. The largest absolute Gasteiger partial charge is 0.522 e. The Bertz CT molecular complexity index is 1000. The molecular weight excluding hydrogens is 427 g/mol. The molecule has 0 spiro atoms. The molecule has 2 aromatic rings. The molecular formula is C22H26F3N3O4. The summed E-state index contributed by atoms with van der Waals surface area (Å²) in [7, 11) is 3.25. The summed E-state index contributed by atoms with van der Waals surface area (Å²) in [6.45, 7) is 1.01. The van der Waals surface area contributed by atoms with Crippen LogP contribution in [0.3, 0.4) is 0 Å². The fraction of sp³-hybridized carbons (Fsp3) is 0.455. The summed E-state index contributed by atoms with van der Waals surface area (Å²) >= 11 is 0. The van der Waals surface area contributed by atoms with E-state index in [2.05, 4.69) is 15.4 Å². The number of carbonyl (C=O) groups excluding carboxylic acids is 1. The van der Waals surface area contributed by atoms with Gasteiger partial charge in [-0.1, -0.05) is 6.07 Å². The maximum atomic E-state index is 12.5. The van der Waals surface area contributed by atoms with Gasteiger partial charge in [0.05, 0.1) is 24.1 Å². The Kier molecular flexibility index (Phi) is 7.25. The van der Waals surface area contributed by atoms with Gasteiger partial charge >= 0.3 is 6.36 Å². The van der Waals surface area contributed by atoms with Crippen LogP contribution < -0.4 is 16.2 Å². The molecule has 7 nitrogen and oxygen atoms in total. The van der Waals surface area contributed by atoms with Gasteiger partial charge in [-0.05, 0) is 49.1 Å². The summed E-state index contributed by atoms with van der Waals surface area (Å²) in [5, 5.41) is 5.75. The predicted octanol–water partition coefficient (Wildman–Crippen LogP) is 3.67. The van der Waals surface area contributed by atoms with Gasteiger partial charge in [0.2, 0.25) is 5.91 Å². The highest BCUT2D eigenvalue weighted by Gasteiger charge is 2.34. The van der Waals surface area contributed by atoms with Crippen molar-refractivity contribution in [2.45, 2.75) is 32.2 Å². The van der Waals surface area contributed by atoms with E-state index in [4.69, 9.17) is 4.74 Å². The third-order valence-corrected chi connectivity index (χ3v) is 5.46. The minimum Gasteiger partial charge on any atom is -0.381 e. The van der Waals surface area contributed by atoms with Crippen molar-refractivity contribution in [1.29, 1.82) is 0 Å². The number of methoxy groups -OCH3 is 1. The van der Waals surface area contributed by atoms with Crippen molar-refractivity contribution in [3.05, 3.63) is 46.4 Å². The second-order valence-corrected chi connectivity index (χ2v) is 7.82. The number of amides is 1. The maximum Gasteiger partial charge on any atom is 0.522 e. The summed E-state index contributed by atoms with van der Waals surface area (Å²) in [6.07, 6.45) is -1.72. The molecule has 0 atom stereocenters. The molecule has 0 aliphatic heterocycles. The van der Waals surface area contributed by atoms with Gasteiger partial charge in [0.15, 0.2) is 0 Å². The summed E-state index contributed by atoms with van der Waals surface area (Å²) < 4.78 is 47.3. The second-order valence-electron chi connectivity index (χ2n) is 7.82. The average Bonchev–Trinajstić information content (AvgIpc) is 2.68. The molecule has 0 unspecified atom stereocenters. The number of hydrogen-bond donors (Lipinski definition) is 2. The van der Waals surface area contributed by atoms with Gasteiger partial charge in [-0.25, -0.2) is 0 Å². The van der Waals surface area contributed by atoms with Crippen LogP contribution in [0.25, 0.3) is 11.1 Å². The van der Waals surface area contributed by atoms with Crippen LogP contribution in [0.4, 0.5) is 24.5 Å². The minimum absolute atomic E-state index is 0.0678. The molecule has 1 aliphatic carbocycles. The number of ether oxygens (including phenoxy) is 2. The molecule has 1 aromatic carbocycles. The lowest BCUT2D eigenvalue weighted by Gasteiger charge is -2.33. The average molecular weight is 453 g/mol. The van der Waals surface area contributed by atoms with Gasteiger partial charge in [-0.15, -0.1) is 13.2 Å². The smallest absolute Gasteiger partial charge is 0.381 e. The van der Waals surface area contributed by atoms with E-state index >= 15 is 0 Å². The van der Waals surface area contributed by atoms with E-state index < -0.39 is 13.0 Å². The number of carbonyl (C=O) groups is 1. The van der Waals surface area contributed by atoms with E-state index in [-0.39, 0.29) is 30.0 Å². The highest BCUT2D eigenvalue weighted by atomic mass is 19.4. The number of rotatable bonds is 8. The molecule has 2 N–H and O–H groups in total. The Balaban J connectivity index is 1.82. The van der Waals surface area contributed by atoms with Crippen molar-refractivity contribution in [2.75, 3.05) is 30.9 Å². The number of benzene rings is 1. The Hall–Kier alpha value is -2.85. The number of pyridine rings is 1. The van der Waals surface area contributed by atoms with Gasteiger partial charge < -0.3 is 19.9 Å². The van der Waals surface area contributed by atoms with Gasteiger partial charge in [0.1, 0.15) is 0 Å². The van der Waals surface area contributed by atoms with Crippen LogP contribution in [0.2, 0.25) is 0 Å². The molecule has 1 fully saturated rings. The highest BCUT2D eigenvalue weighted by molar-refractivity contribution is 5.97. The van der Waals surface area contributed by atoms with Crippen LogP contribution in [-0.2, 0) is 21.3 Å². The number of nitrogens with zero attached hydrogens (tertiary/aromatic N) is 1. The number of alkyl halides is 3. The molecule has 1 amide bonds. The lowest BCUT2D eigenvalue weighted by Crippen LogP contribution is -2.38. The van der Waals surface area contributed by atoms with Crippen LogP contribution in [0.15, 0.2) is 35.3 Å². The second kappa shape index (κ2) is 9.74. The summed E-state index contributed by atoms with van der Waals surface area (Å²) in [5.74, 6) is -0.342. The van der Waals surface area contributed by atoms with Gasteiger partial charge in [0.25, 0.3) is 5.56 Å². The lowest BCUT2D eigenvalue weighted by atomic mass is 9.81. The van der Waals surface area contributed by atoms with Crippen LogP contribution in [0, 0.1) is 12.8 Å². The summed E-state index contributed by atoms with van der Waals surface area (Å²) in [5.41, 5.74) is 2.86. The Morgan fingerprint density at radius 1 is 1.19 bits per heavy atom. The Morgan fingerprint density at radius 2 is 1.91 bits per heavy atom. The standard InChI is InChI=1S/C22H26F3N3O4/c1-13-8-16(12-28(2)21(13)30)14-4-5-18(27-20(29)15-9-17(10-15)31-3)19(11-14)26-6-7-32-22(23,24)25/h4-5,8,11-12,15,17,26H,6-7,9-10H2,1-3H3,(H,27,29). The fourth-order valence-corrected chi connectivity index (χ4v) is 3.57. The first-order chi connectivity index (χ1) is 15.1.